The lowest BCUT2D eigenvalue weighted by molar-refractivity contribution is -0.128. The molecule has 104 valence electrons. The summed E-state index contributed by atoms with van der Waals surface area (Å²) >= 11 is 6.00. The fourth-order valence-electron chi connectivity index (χ4n) is 2.08. The average Bonchev–Trinajstić information content (AvgIpc) is 2.42. The summed E-state index contributed by atoms with van der Waals surface area (Å²) in [5.41, 5.74) is 0. The maximum atomic E-state index is 12.0. The molecule has 1 aliphatic rings. The SMILES string of the molecule is CC(Oc1ccccc1Cl)C(=O)N[C@H]1CCCNC1. The lowest BCUT2D eigenvalue weighted by atomic mass is 10.1. The Bertz CT molecular complexity index is 433. The molecule has 1 amide bonds. The van der Waals surface area contributed by atoms with Gasteiger partial charge in [0.15, 0.2) is 6.10 Å². The van der Waals surface area contributed by atoms with E-state index < -0.39 is 6.10 Å². The van der Waals surface area contributed by atoms with E-state index in [2.05, 4.69) is 10.6 Å². The molecule has 2 rings (SSSR count). The van der Waals surface area contributed by atoms with Crippen molar-refractivity contribution >= 4 is 17.5 Å². The van der Waals surface area contributed by atoms with Gasteiger partial charge in [-0.05, 0) is 38.4 Å². The molecule has 2 atom stereocenters. The van der Waals surface area contributed by atoms with Crippen LogP contribution in [0.5, 0.6) is 5.75 Å². The van der Waals surface area contributed by atoms with Crippen LogP contribution in [0, 0.1) is 0 Å². The van der Waals surface area contributed by atoms with Crippen molar-refractivity contribution in [2.24, 2.45) is 0 Å². The van der Waals surface area contributed by atoms with E-state index in [0.29, 0.717) is 10.8 Å². The predicted molar refractivity (Wildman–Crippen MR) is 75.6 cm³/mol. The minimum Gasteiger partial charge on any atom is -0.479 e. The largest absolute Gasteiger partial charge is 0.479 e. The number of amides is 1. The highest BCUT2D eigenvalue weighted by Crippen LogP contribution is 2.24. The second-order valence-electron chi connectivity index (χ2n) is 4.74. The molecule has 0 spiro atoms. The van der Waals surface area contributed by atoms with Crippen LogP contribution in [0.15, 0.2) is 24.3 Å². The summed E-state index contributed by atoms with van der Waals surface area (Å²) in [6, 6.07) is 7.35. The van der Waals surface area contributed by atoms with Crippen LogP contribution >= 0.6 is 11.6 Å². The first kappa shape index (κ1) is 14.2. The standard InChI is InChI=1S/C14H19ClN2O2/c1-10(19-13-7-3-2-6-12(13)15)14(18)17-11-5-4-8-16-9-11/h2-3,6-7,10-11,16H,4-5,8-9H2,1H3,(H,17,18)/t10?,11-/m0/s1. The van der Waals surface area contributed by atoms with Crippen molar-refractivity contribution in [3.8, 4) is 5.75 Å². The first-order valence-corrected chi connectivity index (χ1v) is 6.97. The number of hydrogen-bond donors (Lipinski definition) is 2. The first-order valence-electron chi connectivity index (χ1n) is 6.59. The summed E-state index contributed by atoms with van der Waals surface area (Å²) in [6.45, 7) is 3.58. The highest BCUT2D eigenvalue weighted by molar-refractivity contribution is 6.32. The molecule has 1 saturated heterocycles. The smallest absolute Gasteiger partial charge is 0.261 e. The normalized spacial score (nSPS) is 20.6. The first-order chi connectivity index (χ1) is 9.16. The Balaban J connectivity index is 1.87. The number of halogens is 1. The zero-order valence-corrected chi connectivity index (χ0v) is 11.7. The van der Waals surface area contributed by atoms with Gasteiger partial charge in [-0.15, -0.1) is 0 Å². The molecule has 19 heavy (non-hydrogen) atoms. The molecule has 0 saturated carbocycles. The summed E-state index contributed by atoms with van der Waals surface area (Å²) in [6.07, 6.45) is 1.55. The number of benzene rings is 1. The molecule has 5 heteroatoms. The van der Waals surface area contributed by atoms with Crippen LogP contribution in [0.3, 0.4) is 0 Å². The van der Waals surface area contributed by atoms with Gasteiger partial charge in [-0.3, -0.25) is 4.79 Å². The van der Waals surface area contributed by atoms with Crippen molar-refractivity contribution in [1.82, 2.24) is 10.6 Å². The number of nitrogens with one attached hydrogen (secondary N) is 2. The van der Waals surface area contributed by atoms with E-state index in [1.54, 1.807) is 19.1 Å². The third kappa shape index (κ3) is 4.11. The number of rotatable bonds is 4. The zero-order chi connectivity index (χ0) is 13.7. The van der Waals surface area contributed by atoms with E-state index in [-0.39, 0.29) is 11.9 Å². The molecule has 1 unspecified atom stereocenters. The van der Waals surface area contributed by atoms with Gasteiger partial charge in [-0.2, -0.15) is 0 Å². The van der Waals surface area contributed by atoms with E-state index in [4.69, 9.17) is 16.3 Å². The third-order valence-electron chi connectivity index (χ3n) is 3.15. The molecule has 2 N–H and O–H groups in total. The van der Waals surface area contributed by atoms with Crippen molar-refractivity contribution in [3.05, 3.63) is 29.3 Å². The van der Waals surface area contributed by atoms with Crippen LogP contribution in [0.4, 0.5) is 0 Å². The van der Waals surface area contributed by atoms with Gasteiger partial charge < -0.3 is 15.4 Å². The Hall–Kier alpha value is -1.26. The molecule has 4 nitrogen and oxygen atoms in total. The van der Waals surface area contributed by atoms with Crippen molar-refractivity contribution in [2.75, 3.05) is 13.1 Å². The molecule has 0 aliphatic carbocycles. The summed E-state index contributed by atoms with van der Waals surface area (Å²) in [4.78, 5) is 12.0. The van der Waals surface area contributed by atoms with E-state index in [0.717, 1.165) is 25.9 Å². The van der Waals surface area contributed by atoms with Crippen LogP contribution in [0.1, 0.15) is 19.8 Å². The maximum Gasteiger partial charge on any atom is 0.261 e. The average molecular weight is 283 g/mol. The molecule has 1 aliphatic heterocycles. The lowest BCUT2D eigenvalue weighted by Crippen LogP contribution is -2.49. The van der Waals surface area contributed by atoms with Gasteiger partial charge in [0.05, 0.1) is 5.02 Å². The topological polar surface area (TPSA) is 50.4 Å². The predicted octanol–water partition coefficient (Wildman–Crippen LogP) is 1.98. The maximum absolute atomic E-state index is 12.0. The molecule has 1 heterocycles. The Morgan fingerprint density at radius 2 is 2.32 bits per heavy atom. The number of piperidine rings is 1. The summed E-state index contributed by atoms with van der Waals surface area (Å²) in [5, 5.41) is 6.77. The zero-order valence-electron chi connectivity index (χ0n) is 11.0. The second-order valence-corrected chi connectivity index (χ2v) is 5.15. The third-order valence-corrected chi connectivity index (χ3v) is 3.47. The number of carbonyl (C=O) groups is 1. The molecule has 0 radical (unpaired) electrons. The summed E-state index contributed by atoms with van der Waals surface area (Å²) in [5.74, 6) is 0.433. The van der Waals surface area contributed by atoms with Gasteiger partial charge in [-0.1, -0.05) is 23.7 Å². The molecule has 1 aromatic carbocycles. The number of ether oxygens (including phenoxy) is 1. The summed E-state index contributed by atoms with van der Waals surface area (Å²) < 4.78 is 5.58. The highest BCUT2D eigenvalue weighted by atomic mass is 35.5. The minimum atomic E-state index is -0.554. The quantitative estimate of drug-likeness (QED) is 0.888. The van der Waals surface area contributed by atoms with Crippen molar-refractivity contribution in [2.45, 2.75) is 31.9 Å². The fraction of sp³-hybridized carbons (Fsp3) is 0.500. The van der Waals surface area contributed by atoms with Gasteiger partial charge >= 0.3 is 0 Å². The van der Waals surface area contributed by atoms with Crippen molar-refractivity contribution < 1.29 is 9.53 Å². The number of hydrogen-bond acceptors (Lipinski definition) is 3. The molecule has 1 fully saturated rings. The fourth-order valence-corrected chi connectivity index (χ4v) is 2.26. The van der Waals surface area contributed by atoms with Crippen LogP contribution in [0.2, 0.25) is 5.02 Å². The van der Waals surface area contributed by atoms with E-state index in [1.807, 2.05) is 12.1 Å². The van der Waals surface area contributed by atoms with E-state index in [1.165, 1.54) is 0 Å². The number of carbonyl (C=O) groups excluding carboxylic acids is 1. The molecule has 1 aromatic rings. The molecular weight excluding hydrogens is 264 g/mol. The monoisotopic (exact) mass is 282 g/mol. The van der Waals surface area contributed by atoms with Gasteiger partial charge in [0, 0.05) is 12.6 Å². The Morgan fingerprint density at radius 3 is 3.00 bits per heavy atom. The molecular formula is C14H19ClN2O2. The van der Waals surface area contributed by atoms with Gasteiger partial charge in [0.25, 0.3) is 5.91 Å². The van der Waals surface area contributed by atoms with E-state index in [9.17, 15) is 4.79 Å². The van der Waals surface area contributed by atoms with Crippen LogP contribution in [0.25, 0.3) is 0 Å². The van der Waals surface area contributed by atoms with Crippen LogP contribution in [-0.2, 0) is 4.79 Å². The van der Waals surface area contributed by atoms with Gasteiger partial charge in [0.2, 0.25) is 0 Å². The Labute approximate surface area is 118 Å². The van der Waals surface area contributed by atoms with Gasteiger partial charge in [0.1, 0.15) is 5.75 Å². The van der Waals surface area contributed by atoms with E-state index >= 15 is 0 Å². The second kappa shape index (κ2) is 6.78. The van der Waals surface area contributed by atoms with Gasteiger partial charge in [-0.25, -0.2) is 0 Å². The summed E-state index contributed by atoms with van der Waals surface area (Å²) in [7, 11) is 0. The molecule has 0 aromatic heterocycles. The minimum absolute atomic E-state index is 0.103. The molecule has 0 bridgehead atoms. The van der Waals surface area contributed by atoms with Crippen LogP contribution < -0.4 is 15.4 Å². The lowest BCUT2D eigenvalue weighted by Gasteiger charge is -2.25. The Kier molecular flexibility index (Phi) is 5.05. The van der Waals surface area contributed by atoms with Crippen molar-refractivity contribution in [1.29, 1.82) is 0 Å². The number of para-hydroxylation sites is 1. The van der Waals surface area contributed by atoms with Crippen LogP contribution in [-0.4, -0.2) is 31.1 Å². The van der Waals surface area contributed by atoms with Crippen molar-refractivity contribution in [3.63, 3.8) is 0 Å². The Morgan fingerprint density at radius 1 is 1.53 bits per heavy atom. The highest BCUT2D eigenvalue weighted by Gasteiger charge is 2.20.